The highest BCUT2D eigenvalue weighted by atomic mass is 16.5. The third-order valence-electron chi connectivity index (χ3n) is 1.40. The van der Waals surface area contributed by atoms with E-state index in [1.165, 1.54) is 0 Å². The quantitative estimate of drug-likeness (QED) is 0.727. The van der Waals surface area contributed by atoms with Gasteiger partial charge in [0, 0.05) is 14.2 Å². The van der Waals surface area contributed by atoms with Crippen LogP contribution in [0.1, 0.15) is 16.3 Å². The zero-order valence-corrected chi connectivity index (χ0v) is 7.09. The molecule has 0 spiro atoms. The molecule has 0 aliphatic heterocycles. The van der Waals surface area contributed by atoms with Gasteiger partial charge in [-0.15, -0.1) is 0 Å². The Balaban J connectivity index is 2.70. The molecule has 4 heteroatoms. The molecule has 0 saturated carbocycles. The fraction of sp³-hybridized carbons (Fsp3) is 0.375. The lowest BCUT2D eigenvalue weighted by Crippen LogP contribution is -2.16. The van der Waals surface area contributed by atoms with Crippen LogP contribution in [-0.2, 0) is 11.3 Å². The van der Waals surface area contributed by atoms with Crippen molar-refractivity contribution in [1.82, 2.24) is 5.32 Å². The van der Waals surface area contributed by atoms with E-state index in [1.807, 2.05) is 0 Å². The largest absolute Gasteiger partial charge is 0.453 e. The molecule has 0 unspecified atom stereocenters. The van der Waals surface area contributed by atoms with Crippen LogP contribution in [0.15, 0.2) is 16.5 Å². The molecule has 66 valence electrons. The molecule has 1 aromatic heterocycles. The van der Waals surface area contributed by atoms with Crippen molar-refractivity contribution in [3.05, 3.63) is 23.7 Å². The van der Waals surface area contributed by atoms with Crippen molar-refractivity contribution in [3.63, 3.8) is 0 Å². The first-order valence-corrected chi connectivity index (χ1v) is 3.57. The molecule has 1 aromatic rings. The molecule has 0 aliphatic rings. The molecule has 0 aromatic carbocycles. The average Bonchev–Trinajstić information content (AvgIpc) is 2.52. The van der Waals surface area contributed by atoms with Gasteiger partial charge in [-0.2, -0.15) is 0 Å². The van der Waals surface area contributed by atoms with Crippen LogP contribution in [0.2, 0.25) is 0 Å². The second-order valence-electron chi connectivity index (χ2n) is 2.28. The van der Waals surface area contributed by atoms with Gasteiger partial charge in [0.15, 0.2) is 5.76 Å². The van der Waals surface area contributed by atoms with Crippen LogP contribution in [0, 0.1) is 0 Å². The van der Waals surface area contributed by atoms with E-state index in [-0.39, 0.29) is 5.91 Å². The number of hydrogen-bond donors (Lipinski definition) is 1. The van der Waals surface area contributed by atoms with Crippen molar-refractivity contribution in [2.75, 3.05) is 14.2 Å². The Bertz CT molecular complexity index is 267. The van der Waals surface area contributed by atoms with Crippen LogP contribution >= 0.6 is 0 Å². The second kappa shape index (κ2) is 3.92. The van der Waals surface area contributed by atoms with E-state index in [2.05, 4.69) is 5.32 Å². The molecule has 0 radical (unpaired) electrons. The van der Waals surface area contributed by atoms with Crippen LogP contribution in [-0.4, -0.2) is 20.1 Å². The summed E-state index contributed by atoms with van der Waals surface area (Å²) in [7, 11) is 3.13. The molecule has 1 N–H and O–H groups in total. The Morgan fingerprint density at radius 1 is 1.67 bits per heavy atom. The van der Waals surface area contributed by atoms with Crippen LogP contribution < -0.4 is 5.32 Å². The number of carbonyl (C=O) groups excluding carboxylic acids is 1. The lowest BCUT2D eigenvalue weighted by atomic mass is 10.4. The molecule has 1 amide bonds. The second-order valence-corrected chi connectivity index (χ2v) is 2.28. The van der Waals surface area contributed by atoms with Gasteiger partial charge in [0.05, 0.1) is 0 Å². The minimum Gasteiger partial charge on any atom is -0.453 e. The fourth-order valence-electron chi connectivity index (χ4n) is 0.843. The minimum atomic E-state index is -0.225. The number of amides is 1. The molecule has 0 saturated heterocycles. The standard InChI is InChI=1S/C8H11NO3/c1-9-8(10)7-4-3-6(12-7)5-11-2/h3-4H,5H2,1-2H3,(H,9,10). The normalized spacial score (nSPS) is 9.83. The van der Waals surface area contributed by atoms with Gasteiger partial charge >= 0.3 is 0 Å². The van der Waals surface area contributed by atoms with E-state index in [0.717, 1.165) is 0 Å². The van der Waals surface area contributed by atoms with Crippen molar-refractivity contribution in [2.24, 2.45) is 0 Å². The Labute approximate surface area is 70.5 Å². The Hall–Kier alpha value is -1.29. The van der Waals surface area contributed by atoms with E-state index in [1.54, 1.807) is 26.3 Å². The topological polar surface area (TPSA) is 51.5 Å². The summed E-state index contributed by atoms with van der Waals surface area (Å²) in [6.45, 7) is 0.386. The highest BCUT2D eigenvalue weighted by molar-refractivity contribution is 5.91. The number of methoxy groups -OCH3 is 1. The molecule has 4 nitrogen and oxygen atoms in total. The smallest absolute Gasteiger partial charge is 0.286 e. The number of ether oxygens (including phenoxy) is 1. The maximum absolute atomic E-state index is 11.0. The molecule has 0 atom stereocenters. The van der Waals surface area contributed by atoms with Crippen molar-refractivity contribution < 1.29 is 13.9 Å². The molecular formula is C8H11NO3. The SMILES string of the molecule is CNC(=O)c1ccc(COC)o1. The van der Waals surface area contributed by atoms with E-state index in [0.29, 0.717) is 18.1 Å². The van der Waals surface area contributed by atoms with Crippen molar-refractivity contribution in [1.29, 1.82) is 0 Å². The molecule has 1 rings (SSSR count). The van der Waals surface area contributed by atoms with Crippen molar-refractivity contribution >= 4 is 5.91 Å². The van der Waals surface area contributed by atoms with Gasteiger partial charge in [-0.1, -0.05) is 0 Å². The van der Waals surface area contributed by atoms with Gasteiger partial charge < -0.3 is 14.5 Å². The number of furan rings is 1. The highest BCUT2D eigenvalue weighted by Crippen LogP contribution is 2.08. The van der Waals surface area contributed by atoms with Gasteiger partial charge in [0.1, 0.15) is 12.4 Å². The Morgan fingerprint density at radius 2 is 2.42 bits per heavy atom. The first-order valence-electron chi connectivity index (χ1n) is 3.57. The molecular weight excluding hydrogens is 158 g/mol. The van der Waals surface area contributed by atoms with E-state index < -0.39 is 0 Å². The molecule has 0 bridgehead atoms. The number of nitrogens with one attached hydrogen (secondary N) is 1. The van der Waals surface area contributed by atoms with Crippen LogP contribution in [0.4, 0.5) is 0 Å². The van der Waals surface area contributed by atoms with Gasteiger partial charge in [0.2, 0.25) is 0 Å². The van der Waals surface area contributed by atoms with Crippen LogP contribution in [0.25, 0.3) is 0 Å². The summed E-state index contributed by atoms with van der Waals surface area (Å²) >= 11 is 0. The van der Waals surface area contributed by atoms with E-state index in [4.69, 9.17) is 9.15 Å². The highest BCUT2D eigenvalue weighted by Gasteiger charge is 2.07. The van der Waals surface area contributed by atoms with E-state index >= 15 is 0 Å². The number of carbonyl (C=O) groups is 1. The number of rotatable bonds is 3. The summed E-state index contributed by atoms with van der Waals surface area (Å²) in [4.78, 5) is 11.0. The Morgan fingerprint density at radius 3 is 3.00 bits per heavy atom. The lowest BCUT2D eigenvalue weighted by molar-refractivity contribution is 0.0927. The van der Waals surface area contributed by atoms with Gasteiger partial charge in [-0.05, 0) is 12.1 Å². The van der Waals surface area contributed by atoms with Gasteiger partial charge in [-0.25, -0.2) is 0 Å². The molecule has 12 heavy (non-hydrogen) atoms. The number of hydrogen-bond acceptors (Lipinski definition) is 3. The van der Waals surface area contributed by atoms with Crippen LogP contribution in [0.5, 0.6) is 0 Å². The monoisotopic (exact) mass is 169 g/mol. The Kier molecular flexibility index (Phi) is 2.88. The zero-order valence-electron chi connectivity index (χ0n) is 7.09. The third kappa shape index (κ3) is 1.85. The minimum absolute atomic E-state index is 0.225. The maximum atomic E-state index is 11.0. The summed E-state index contributed by atoms with van der Waals surface area (Å²) in [6.07, 6.45) is 0. The summed E-state index contributed by atoms with van der Waals surface area (Å²) < 4.78 is 9.97. The fourth-order valence-corrected chi connectivity index (χ4v) is 0.843. The molecule has 1 heterocycles. The predicted molar refractivity (Wildman–Crippen MR) is 42.8 cm³/mol. The summed E-state index contributed by atoms with van der Waals surface area (Å²) in [5, 5.41) is 2.46. The van der Waals surface area contributed by atoms with Gasteiger partial charge in [-0.3, -0.25) is 4.79 Å². The maximum Gasteiger partial charge on any atom is 0.286 e. The molecule has 0 fully saturated rings. The predicted octanol–water partition coefficient (Wildman–Crippen LogP) is 0.786. The first-order chi connectivity index (χ1) is 5.77. The van der Waals surface area contributed by atoms with Crippen LogP contribution in [0.3, 0.4) is 0 Å². The van der Waals surface area contributed by atoms with Crippen molar-refractivity contribution in [2.45, 2.75) is 6.61 Å². The molecule has 0 aliphatic carbocycles. The third-order valence-corrected chi connectivity index (χ3v) is 1.40. The lowest BCUT2D eigenvalue weighted by Gasteiger charge is -1.94. The van der Waals surface area contributed by atoms with Gasteiger partial charge in [0.25, 0.3) is 5.91 Å². The summed E-state index contributed by atoms with van der Waals surface area (Å²) in [5.74, 6) is 0.734. The zero-order chi connectivity index (χ0) is 8.97. The first kappa shape index (κ1) is 8.80. The summed E-state index contributed by atoms with van der Waals surface area (Å²) in [5.41, 5.74) is 0. The van der Waals surface area contributed by atoms with E-state index in [9.17, 15) is 4.79 Å². The van der Waals surface area contributed by atoms with Crippen molar-refractivity contribution in [3.8, 4) is 0 Å². The average molecular weight is 169 g/mol. The summed E-state index contributed by atoms with van der Waals surface area (Å²) in [6, 6.07) is 3.33.